The van der Waals surface area contributed by atoms with E-state index in [-0.39, 0.29) is 5.41 Å². The molecule has 1 aliphatic heterocycles. The van der Waals surface area contributed by atoms with Crippen molar-refractivity contribution >= 4 is 38.9 Å². The lowest BCUT2D eigenvalue weighted by Gasteiger charge is -2.22. The molecular weight excluding hydrogens is 566 g/mol. The number of nitrogens with zero attached hydrogens (tertiary/aromatic N) is 5. The Kier molecular flexibility index (Phi) is 6.53. The minimum Gasteiger partial charge on any atom is -0.439 e. The summed E-state index contributed by atoms with van der Waals surface area (Å²) in [5, 5.41) is 2.33. The Morgan fingerprint density at radius 2 is 1.48 bits per heavy atom. The second-order valence-electron chi connectivity index (χ2n) is 12.9. The molecule has 0 amide bonds. The summed E-state index contributed by atoms with van der Waals surface area (Å²) in [5.74, 6) is 2.15. The molecule has 0 radical (unpaired) electrons. The van der Waals surface area contributed by atoms with E-state index in [9.17, 15) is 0 Å². The Balaban J connectivity index is 1.19. The fourth-order valence-corrected chi connectivity index (χ4v) is 6.55. The van der Waals surface area contributed by atoms with Crippen LogP contribution in [0, 0.1) is 0 Å². The molecule has 0 saturated heterocycles. The fourth-order valence-electron chi connectivity index (χ4n) is 6.55. The molecule has 3 aromatic heterocycles. The summed E-state index contributed by atoms with van der Waals surface area (Å²) >= 11 is 0. The SMILES string of the molecule is CN1CN(c2ccnc(Oc3ccc4c5ccccc5n(-c5cc(C(C)(C)C)ccn5)c4c3)c2)c2c(-c3ccccc3)cccc21. The van der Waals surface area contributed by atoms with Crippen molar-refractivity contribution in [1.29, 1.82) is 0 Å². The summed E-state index contributed by atoms with van der Waals surface area (Å²) in [6, 6.07) is 40.2. The zero-order valence-electron chi connectivity index (χ0n) is 26.5. The summed E-state index contributed by atoms with van der Waals surface area (Å²) in [5.41, 5.74) is 9.19. The van der Waals surface area contributed by atoms with Crippen LogP contribution in [0.4, 0.5) is 17.1 Å². The zero-order valence-corrected chi connectivity index (χ0v) is 26.5. The molecule has 1 aliphatic rings. The first-order valence-electron chi connectivity index (χ1n) is 15.7. The number of fused-ring (bicyclic) bond motifs is 4. The number of para-hydroxylation sites is 2. The molecule has 4 aromatic carbocycles. The Hall–Kier alpha value is -5.62. The van der Waals surface area contributed by atoms with Gasteiger partial charge in [-0.1, -0.05) is 81.4 Å². The van der Waals surface area contributed by atoms with E-state index in [1.807, 2.05) is 30.6 Å². The number of ether oxygens (including phenoxy) is 1. The van der Waals surface area contributed by atoms with Crippen LogP contribution >= 0.6 is 0 Å². The summed E-state index contributed by atoms with van der Waals surface area (Å²) in [7, 11) is 2.13. The predicted octanol–water partition coefficient (Wildman–Crippen LogP) is 9.88. The molecule has 7 aromatic rings. The molecule has 226 valence electrons. The standard InChI is InChI=1S/C40H35N5O/c1-40(2,3)28-19-21-41-37(23-28)45-34-15-9-8-13-32(34)33-18-17-30(25-36(33)45)46-38-24-29(20-22-42-38)44-26-43(4)35-16-10-14-31(39(35)44)27-11-6-5-7-12-27/h5-25H,26H2,1-4H3. The van der Waals surface area contributed by atoms with E-state index in [4.69, 9.17) is 9.72 Å². The van der Waals surface area contributed by atoms with Crippen LogP contribution in [-0.2, 0) is 5.41 Å². The van der Waals surface area contributed by atoms with Crippen LogP contribution in [0.3, 0.4) is 0 Å². The molecule has 46 heavy (non-hydrogen) atoms. The van der Waals surface area contributed by atoms with Crippen molar-refractivity contribution in [2.75, 3.05) is 23.5 Å². The van der Waals surface area contributed by atoms with Gasteiger partial charge in [0, 0.05) is 53.6 Å². The predicted molar refractivity (Wildman–Crippen MR) is 189 cm³/mol. The van der Waals surface area contributed by atoms with Gasteiger partial charge in [-0.2, -0.15) is 0 Å². The van der Waals surface area contributed by atoms with Gasteiger partial charge in [-0.05, 0) is 59.0 Å². The van der Waals surface area contributed by atoms with E-state index in [1.165, 1.54) is 33.5 Å². The molecule has 6 nitrogen and oxygen atoms in total. The number of hydrogen-bond donors (Lipinski definition) is 0. The molecule has 0 bridgehead atoms. The third-order valence-electron chi connectivity index (χ3n) is 8.87. The first kappa shape index (κ1) is 27.9. The number of pyridine rings is 2. The first-order valence-corrected chi connectivity index (χ1v) is 15.7. The van der Waals surface area contributed by atoms with Crippen LogP contribution in [0.1, 0.15) is 26.3 Å². The molecule has 0 aliphatic carbocycles. The van der Waals surface area contributed by atoms with Gasteiger partial charge in [0.05, 0.1) is 29.1 Å². The Bertz CT molecular complexity index is 2230. The van der Waals surface area contributed by atoms with Crippen LogP contribution in [0.25, 0.3) is 38.8 Å². The molecule has 0 spiro atoms. The summed E-state index contributed by atoms with van der Waals surface area (Å²) in [6.45, 7) is 7.42. The second kappa shape index (κ2) is 10.8. The average Bonchev–Trinajstić information content (AvgIpc) is 3.59. The summed E-state index contributed by atoms with van der Waals surface area (Å²) in [6.07, 6.45) is 3.73. The summed E-state index contributed by atoms with van der Waals surface area (Å²) in [4.78, 5) is 14.1. The van der Waals surface area contributed by atoms with Gasteiger partial charge >= 0.3 is 0 Å². The van der Waals surface area contributed by atoms with Crippen molar-refractivity contribution in [3.05, 3.63) is 133 Å². The van der Waals surface area contributed by atoms with Gasteiger partial charge in [0.25, 0.3) is 0 Å². The average molecular weight is 602 g/mol. The number of hydrogen-bond acceptors (Lipinski definition) is 5. The number of aromatic nitrogens is 3. The second-order valence-corrected chi connectivity index (χ2v) is 12.9. The van der Waals surface area contributed by atoms with Gasteiger partial charge in [0.15, 0.2) is 0 Å². The number of benzene rings is 4. The number of anilines is 3. The lowest BCUT2D eigenvalue weighted by molar-refractivity contribution is 0.463. The van der Waals surface area contributed by atoms with Crippen LogP contribution in [0.5, 0.6) is 11.6 Å². The van der Waals surface area contributed by atoms with Crippen molar-refractivity contribution in [1.82, 2.24) is 14.5 Å². The van der Waals surface area contributed by atoms with E-state index >= 15 is 0 Å². The third-order valence-corrected chi connectivity index (χ3v) is 8.87. The molecule has 0 atom stereocenters. The maximum Gasteiger partial charge on any atom is 0.221 e. The molecule has 4 heterocycles. The van der Waals surface area contributed by atoms with E-state index in [0.29, 0.717) is 5.88 Å². The van der Waals surface area contributed by atoms with Crippen LogP contribution < -0.4 is 14.5 Å². The molecule has 6 heteroatoms. The van der Waals surface area contributed by atoms with Crippen molar-refractivity contribution < 1.29 is 4.74 Å². The third kappa shape index (κ3) is 4.74. The smallest absolute Gasteiger partial charge is 0.221 e. The maximum atomic E-state index is 6.50. The van der Waals surface area contributed by atoms with E-state index in [2.05, 4.69) is 144 Å². The monoisotopic (exact) mass is 601 g/mol. The molecule has 0 N–H and O–H groups in total. The van der Waals surface area contributed by atoms with Gasteiger partial charge in [-0.25, -0.2) is 9.97 Å². The van der Waals surface area contributed by atoms with Crippen LogP contribution in [-0.4, -0.2) is 28.3 Å². The molecular formula is C40H35N5O. The maximum absolute atomic E-state index is 6.50. The molecule has 0 saturated carbocycles. The Morgan fingerprint density at radius 3 is 2.33 bits per heavy atom. The zero-order chi connectivity index (χ0) is 31.4. The van der Waals surface area contributed by atoms with Crippen molar-refractivity contribution in [2.24, 2.45) is 0 Å². The van der Waals surface area contributed by atoms with Crippen molar-refractivity contribution in [3.63, 3.8) is 0 Å². The van der Waals surface area contributed by atoms with Gasteiger partial charge in [0.2, 0.25) is 5.88 Å². The largest absolute Gasteiger partial charge is 0.439 e. The van der Waals surface area contributed by atoms with Crippen molar-refractivity contribution in [3.8, 4) is 28.6 Å². The van der Waals surface area contributed by atoms with E-state index < -0.39 is 0 Å². The van der Waals surface area contributed by atoms with Crippen LogP contribution in [0.15, 0.2) is 128 Å². The topological polar surface area (TPSA) is 46.4 Å². The highest BCUT2D eigenvalue weighted by Gasteiger charge is 2.28. The van der Waals surface area contributed by atoms with Gasteiger partial charge in [-0.15, -0.1) is 0 Å². The molecule has 0 unspecified atom stereocenters. The normalized spacial score (nSPS) is 13.0. The van der Waals surface area contributed by atoms with E-state index in [1.54, 1.807) is 0 Å². The van der Waals surface area contributed by atoms with Crippen molar-refractivity contribution in [2.45, 2.75) is 26.2 Å². The Labute approximate surface area is 269 Å². The summed E-state index contributed by atoms with van der Waals surface area (Å²) < 4.78 is 8.73. The fraction of sp³-hybridized carbons (Fsp3) is 0.150. The molecule has 0 fully saturated rings. The minimum atomic E-state index is 0.00787. The lowest BCUT2D eigenvalue weighted by Crippen LogP contribution is -2.24. The van der Waals surface area contributed by atoms with Gasteiger partial charge in [0.1, 0.15) is 11.6 Å². The highest BCUT2D eigenvalue weighted by molar-refractivity contribution is 6.09. The lowest BCUT2D eigenvalue weighted by atomic mass is 9.88. The van der Waals surface area contributed by atoms with Gasteiger partial charge in [-0.3, -0.25) is 4.57 Å². The quantitative estimate of drug-likeness (QED) is 0.197. The Morgan fingerprint density at radius 1 is 0.696 bits per heavy atom. The highest BCUT2D eigenvalue weighted by atomic mass is 16.5. The van der Waals surface area contributed by atoms with Gasteiger partial charge < -0.3 is 14.5 Å². The number of rotatable bonds is 5. The molecule has 8 rings (SSSR count). The highest BCUT2D eigenvalue weighted by Crippen LogP contribution is 2.46. The first-order chi connectivity index (χ1) is 22.3. The van der Waals surface area contributed by atoms with E-state index in [0.717, 1.165) is 40.3 Å². The van der Waals surface area contributed by atoms with Crippen LogP contribution in [0.2, 0.25) is 0 Å². The minimum absolute atomic E-state index is 0.00787.